The van der Waals surface area contributed by atoms with E-state index in [1.807, 2.05) is 32.7 Å². The Balaban J connectivity index is 2.25. The van der Waals surface area contributed by atoms with E-state index in [0.717, 1.165) is 25.1 Å². The molecule has 7 heteroatoms. The second-order valence-electron chi connectivity index (χ2n) is 6.33. The Hall–Kier alpha value is -2.31. The number of carbonyl (C=O) groups is 1. The van der Waals surface area contributed by atoms with Gasteiger partial charge in [0.15, 0.2) is 0 Å². The summed E-state index contributed by atoms with van der Waals surface area (Å²) in [5.41, 5.74) is 0.527. The van der Waals surface area contributed by atoms with Gasteiger partial charge in [-0.3, -0.25) is 10.1 Å². The van der Waals surface area contributed by atoms with Crippen LogP contribution in [-0.2, 0) is 4.74 Å². The van der Waals surface area contributed by atoms with Gasteiger partial charge in [0.05, 0.1) is 4.92 Å². The number of nitrogens with one attached hydrogen (secondary N) is 1. The molecule has 1 aromatic carbocycles. The summed E-state index contributed by atoms with van der Waals surface area (Å²) in [6.45, 7) is 6.83. The molecule has 128 valence electrons. The van der Waals surface area contributed by atoms with Crippen LogP contribution in [0.25, 0.3) is 0 Å². The molecule has 0 aromatic heterocycles. The number of nitro groups is 1. The molecule has 0 heterocycles. The minimum atomic E-state index is -0.486. The van der Waals surface area contributed by atoms with E-state index in [-0.39, 0.29) is 5.69 Å². The van der Waals surface area contributed by atoms with Gasteiger partial charge in [-0.05, 0) is 45.7 Å². The normalized spacial score (nSPS) is 11.0. The molecule has 0 aliphatic heterocycles. The van der Waals surface area contributed by atoms with Crippen LogP contribution in [0.5, 0.6) is 0 Å². The Bertz CT molecular complexity index is 523. The number of unbranched alkanes of at least 4 members (excludes halogenated alkanes) is 1. The van der Waals surface area contributed by atoms with Gasteiger partial charge in [-0.25, -0.2) is 4.79 Å². The first-order chi connectivity index (χ1) is 10.7. The average molecular weight is 323 g/mol. The van der Waals surface area contributed by atoms with Gasteiger partial charge in [0, 0.05) is 38.0 Å². The van der Waals surface area contributed by atoms with E-state index in [4.69, 9.17) is 4.74 Å². The molecule has 0 unspecified atom stereocenters. The van der Waals surface area contributed by atoms with Crippen molar-refractivity contribution in [2.45, 2.75) is 39.2 Å². The van der Waals surface area contributed by atoms with Gasteiger partial charge in [0.2, 0.25) is 0 Å². The first-order valence-corrected chi connectivity index (χ1v) is 7.61. The van der Waals surface area contributed by atoms with Crippen molar-refractivity contribution in [3.05, 3.63) is 34.4 Å². The summed E-state index contributed by atoms with van der Waals surface area (Å²) in [7, 11) is 1.93. The first kappa shape index (κ1) is 18.7. The Morgan fingerprint density at radius 1 is 1.26 bits per heavy atom. The van der Waals surface area contributed by atoms with Crippen LogP contribution in [0.15, 0.2) is 24.3 Å². The molecule has 0 radical (unpaired) electrons. The molecule has 1 aromatic rings. The summed E-state index contributed by atoms with van der Waals surface area (Å²) in [6.07, 6.45) is 1.32. The number of amides is 1. The van der Waals surface area contributed by atoms with E-state index in [1.54, 1.807) is 12.1 Å². The molecule has 0 bridgehead atoms. The molecule has 0 fully saturated rings. The number of nitrogens with zero attached hydrogens (tertiary/aromatic N) is 2. The van der Waals surface area contributed by atoms with Crippen molar-refractivity contribution in [1.29, 1.82) is 0 Å². The van der Waals surface area contributed by atoms with Gasteiger partial charge in [-0.2, -0.15) is 0 Å². The minimum Gasteiger partial charge on any atom is -0.444 e. The standard InChI is InChI=1S/C16H25N3O4/c1-16(2,3)23-15(20)17-11-5-6-12-18(4)13-7-9-14(10-8-13)19(21)22/h7-10H,5-6,11-12H2,1-4H3,(H,17,20). The minimum absolute atomic E-state index is 0.0868. The number of nitro benzene ring substituents is 1. The molecule has 23 heavy (non-hydrogen) atoms. The van der Waals surface area contributed by atoms with E-state index in [2.05, 4.69) is 5.32 Å². The average Bonchev–Trinajstić information content (AvgIpc) is 2.45. The molecule has 0 aliphatic carbocycles. The third kappa shape index (κ3) is 7.49. The van der Waals surface area contributed by atoms with Gasteiger partial charge in [0.1, 0.15) is 5.60 Å². The van der Waals surface area contributed by atoms with E-state index in [0.29, 0.717) is 6.54 Å². The van der Waals surface area contributed by atoms with Crippen LogP contribution >= 0.6 is 0 Å². The fourth-order valence-electron chi connectivity index (χ4n) is 1.94. The summed E-state index contributed by atoms with van der Waals surface area (Å²) in [4.78, 5) is 23.7. The molecule has 0 saturated carbocycles. The number of anilines is 1. The van der Waals surface area contributed by atoms with E-state index in [9.17, 15) is 14.9 Å². The van der Waals surface area contributed by atoms with Gasteiger partial charge < -0.3 is 15.0 Å². The molecular formula is C16H25N3O4. The Labute approximate surface area is 136 Å². The topological polar surface area (TPSA) is 84.7 Å². The van der Waals surface area contributed by atoms with Crippen LogP contribution < -0.4 is 10.2 Å². The summed E-state index contributed by atoms with van der Waals surface area (Å²) in [5, 5.41) is 13.3. The maximum absolute atomic E-state index is 11.5. The van der Waals surface area contributed by atoms with Crippen LogP contribution in [0.4, 0.5) is 16.2 Å². The quantitative estimate of drug-likeness (QED) is 0.472. The smallest absolute Gasteiger partial charge is 0.407 e. The monoisotopic (exact) mass is 323 g/mol. The molecule has 7 nitrogen and oxygen atoms in total. The number of non-ortho nitro benzene ring substituents is 1. The highest BCUT2D eigenvalue weighted by Crippen LogP contribution is 2.18. The van der Waals surface area contributed by atoms with E-state index in [1.165, 1.54) is 12.1 Å². The molecule has 0 spiro atoms. The summed E-state index contributed by atoms with van der Waals surface area (Å²) in [6, 6.07) is 6.46. The van der Waals surface area contributed by atoms with Crippen LogP contribution in [-0.4, -0.2) is 36.8 Å². The number of rotatable bonds is 7. The molecule has 0 atom stereocenters. The fourth-order valence-corrected chi connectivity index (χ4v) is 1.94. The van der Waals surface area contributed by atoms with Crippen molar-refractivity contribution in [3.8, 4) is 0 Å². The molecular weight excluding hydrogens is 298 g/mol. The summed E-state index contributed by atoms with van der Waals surface area (Å²) >= 11 is 0. The van der Waals surface area contributed by atoms with Crippen molar-refractivity contribution in [2.75, 3.05) is 25.0 Å². The van der Waals surface area contributed by atoms with Crippen LogP contribution in [0.3, 0.4) is 0 Å². The van der Waals surface area contributed by atoms with E-state index < -0.39 is 16.6 Å². The van der Waals surface area contributed by atoms with Crippen molar-refractivity contribution < 1.29 is 14.5 Å². The van der Waals surface area contributed by atoms with Gasteiger partial charge >= 0.3 is 6.09 Å². The zero-order valence-corrected chi connectivity index (χ0v) is 14.2. The predicted molar refractivity (Wildman–Crippen MR) is 89.8 cm³/mol. The van der Waals surface area contributed by atoms with Gasteiger partial charge in [-0.15, -0.1) is 0 Å². The van der Waals surface area contributed by atoms with Crippen LogP contribution in [0, 0.1) is 10.1 Å². The van der Waals surface area contributed by atoms with E-state index >= 15 is 0 Å². The Kier molecular flexibility index (Phi) is 6.81. The highest BCUT2D eigenvalue weighted by molar-refractivity contribution is 5.67. The lowest BCUT2D eigenvalue weighted by Crippen LogP contribution is -2.33. The highest BCUT2D eigenvalue weighted by Gasteiger charge is 2.15. The number of hydrogen-bond acceptors (Lipinski definition) is 5. The summed E-state index contributed by atoms with van der Waals surface area (Å²) < 4.78 is 5.15. The highest BCUT2D eigenvalue weighted by atomic mass is 16.6. The number of hydrogen-bond donors (Lipinski definition) is 1. The van der Waals surface area contributed by atoms with Gasteiger partial charge in [-0.1, -0.05) is 0 Å². The second kappa shape index (κ2) is 8.36. The number of alkyl carbamates (subject to hydrolysis) is 1. The maximum Gasteiger partial charge on any atom is 0.407 e. The van der Waals surface area contributed by atoms with Crippen LogP contribution in [0.1, 0.15) is 33.6 Å². The molecule has 0 saturated heterocycles. The predicted octanol–water partition coefficient (Wildman–Crippen LogP) is 3.34. The SMILES string of the molecule is CN(CCCCNC(=O)OC(C)(C)C)c1ccc([N+](=O)[O-])cc1. The lowest BCUT2D eigenvalue weighted by molar-refractivity contribution is -0.384. The van der Waals surface area contributed by atoms with Crippen molar-refractivity contribution in [3.63, 3.8) is 0 Å². The third-order valence-electron chi connectivity index (χ3n) is 3.09. The van der Waals surface area contributed by atoms with Crippen molar-refractivity contribution in [2.24, 2.45) is 0 Å². The Morgan fingerprint density at radius 2 is 1.87 bits per heavy atom. The number of ether oxygens (including phenoxy) is 1. The van der Waals surface area contributed by atoms with Crippen molar-refractivity contribution >= 4 is 17.5 Å². The third-order valence-corrected chi connectivity index (χ3v) is 3.09. The lowest BCUT2D eigenvalue weighted by atomic mass is 10.2. The van der Waals surface area contributed by atoms with Gasteiger partial charge in [0.25, 0.3) is 5.69 Å². The molecule has 1 rings (SSSR count). The second-order valence-corrected chi connectivity index (χ2v) is 6.33. The summed E-state index contributed by atoms with van der Waals surface area (Å²) in [5.74, 6) is 0. The zero-order chi connectivity index (χ0) is 17.5. The van der Waals surface area contributed by atoms with Crippen LogP contribution in [0.2, 0.25) is 0 Å². The first-order valence-electron chi connectivity index (χ1n) is 7.61. The lowest BCUT2D eigenvalue weighted by Gasteiger charge is -2.20. The molecule has 1 N–H and O–H groups in total. The Morgan fingerprint density at radius 3 is 2.39 bits per heavy atom. The molecule has 0 aliphatic rings. The largest absolute Gasteiger partial charge is 0.444 e. The maximum atomic E-state index is 11.5. The fraction of sp³-hybridized carbons (Fsp3) is 0.562. The molecule has 1 amide bonds. The number of carbonyl (C=O) groups excluding carboxylic acids is 1. The number of benzene rings is 1. The zero-order valence-electron chi connectivity index (χ0n) is 14.2. The van der Waals surface area contributed by atoms with Crippen molar-refractivity contribution in [1.82, 2.24) is 5.32 Å².